The summed E-state index contributed by atoms with van der Waals surface area (Å²) in [6, 6.07) is 8.28. The topological polar surface area (TPSA) is 67.6 Å². The number of hydrogen-bond donors (Lipinski definition) is 2. The maximum atomic E-state index is 11.7. The maximum Gasteiger partial charge on any atom is 0.238 e. The standard InChI is InChI=1S/C18H29N3O2/c1-14(2)9-11-23-17-7-5-15(6-8-17)12-21-10-3-4-16(13-21)18(22)20-19/h5-8,14,16H,3-4,9-13,19H2,1-2H3,(H,20,22). The van der Waals surface area contributed by atoms with Crippen LogP contribution in [-0.2, 0) is 11.3 Å². The van der Waals surface area contributed by atoms with Crippen LogP contribution in [0.1, 0.15) is 38.7 Å². The van der Waals surface area contributed by atoms with E-state index in [9.17, 15) is 4.79 Å². The van der Waals surface area contributed by atoms with Gasteiger partial charge < -0.3 is 4.74 Å². The van der Waals surface area contributed by atoms with Crippen LogP contribution >= 0.6 is 0 Å². The van der Waals surface area contributed by atoms with Gasteiger partial charge in [0.1, 0.15) is 5.75 Å². The van der Waals surface area contributed by atoms with E-state index in [0.29, 0.717) is 5.92 Å². The Morgan fingerprint density at radius 1 is 1.39 bits per heavy atom. The normalized spacial score (nSPS) is 18.9. The third kappa shape index (κ3) is 5.84. The second-order valence-electron chi connectivity index (χ2n) is 6.76. The molecule has 23 heavy (non-hydrogen) atoms. The van der Waals surface area contributed by atoms with Crippen molar-refractivity contribution in [3.05, 3.63) is 29.8 Å². The lowest BCUT2D eigenvalue weighted by Crippen LogP contribution is -2.44. The number of likely N-dealkylation sites (tertiary alicyclic amines) is 1. The SMILES string of the molecule is CC(C)CCOc1ccc(CN2CCCC(C(=O)NN)C2)cc1. The molecule has 1 aliphatic rings. The lowest BCUT2D eigenvalue weighted by Gasteiger charge is -2.31. The Morgan fingerprint density at radius 2 is 2.13 bits per heavy atom. The second-order valence-corrected chi connectivity index (χ2v) is 6.76. The second kappa shape index (κ2) is 8.89. The van der Waals surface area contributed by atoms with Gasteiger partial charge in [-0.25, -0.2) is 5.84 Å². The highest BCUT2D eigenvalue weighted by atomic mass is 16.5. The van der Waals surface area contributed by atoms with E-state index in [2.05, 4.69) is 36.3 Å². The summed E-state index contributed by atoms with van der Waals surface area (Å²) in [4.78, 5) is 14.0. The highest BCUT2D eigenvalue weighted by Gasteiger charge is 2.25. The molecule has 3 N–H and O–H groups in total. The lowest BCUT2D eigenvalue weighted by molar-refractivity contribution is -0.126. The van der Waals surface area contributed by atoms with Crippen LogP contribution in [0, 0.1) is 11.8 Å². The molecule has 1 atom stereocenters. The molecule has 1 aliphatic heterocycles. The van der Waals surface area contributed by atoms with Crippen molar-refractivity contribution in [3.8, 4) is 5.75 Å². The first-order valence-electron chi connectivity index (χ1n) is 8.53. The third-order valence-corrected chi connectivity index (χ3v) is 4.31. The zero-order chi connectivity index (χ0) is 16.7. The minimum Gasteiger partial charge on any atom is -0.494 e. The van der Waals surface area contributed by atoms with Gasteiger partial charge in [-0.15, -0.1) is 0 Å². The van der Waals surface area contributed by atoms with Gasteiger partial charge in [-0.3, -0.25) is 15.1 Å². The van der Waals surface area contributed by atoms with E-state index in [1.54, 1.807) is 0 Å². The van der Waals surface area contributed by atoms with Crippen molar-refractivity contribution in [1.82, 2.24) is 10.3 Å². The molecule has 128 valence electrons. The van der Waals surface area contributed by atoms with Gasteiger partial charge in [0.2, 0.25) is 5.91 Å². The van der Waals surface area contributed by atoms with Crippen LogP contribution in [0.3, 0.4) is 0 Å². The number of piperidine rings is 1. The molecule has 0 spiro atoms. The van der Waals surface area contributed by atoms with Crippen LogP contribution in [0.4, 0.5) is 0 Å². The number of amides is 1. The van der Waals surface area contributed by atoms with Crippen molar-refractivity contribution < 1.29 is 9.53 Å². The molecule has 1 amide bonds. The molecule has 5 heteroatoms. The highest BCUT2D eigenvalue weighted by Crippen LogP contribution is 2.20. The zero-order valence-electron chi connectivity index (χ0n) is 14.3. The number of carbonyl (C=O) groups excluding carboxylic acids is 1. The zero-order valence-corrected chi connectivity index (χ0v) is 14.3. The summed E-state index contributed by atoms with van der Waals surface area (Å²) in [5.41, 5.74) is 3.52. The largest absolute Gasteiger partial charge is 0.494 e. The molecule has 1 saturated heterocycles. The first-order chi connectivity index (χ1) is 11.1. The van der Waals surface area contributed by atoms with E-state index >= 15 is 0 Å². The number of nitrogens with one attached hydrogen (secondary N) is 1. The predicted molar refractivity (Wildman–Crippen MR) is 91.7 cm³/mol. The maximum absolute atomic E-state index is 11.7. The van der Waals surface area contributed by atoms with Crippen molar-refractivity contribution in [2.45, 2.75) is 39.7 Å². The van der Waals surface area contributed by atoms with Crippen LogP contribution < -0.4 is 16.0 Å². The first-order valence-corrected chi connectivity index (χ1v) is 8.53. The molecule has 0 aliphatic carbocycles. The van der Waals surface area contributed by atoms with Crippen molar-refractivity contribution in [1.29, 1.82) is 0 Å². The van der Waals surface area contributed by atoms with Gasteiger partial charge >= 0.3 is 0 Å². The Balaban J connectivity index is 1.82. The van der Waals surface area contributed by atoms with E-state index in [1.807, 2.05) is 12.1 Å². The predicted octanol–water partition coefficient (Wildman–Crippen LogP) is 2.31. The molecular formula is C18H29N3O2. The Hall–Kier alpha value is -1.59. The first kappa shape index (κ1) is 17.8. The molecule has 1 fully saturated rings. The Bertz CT molecular complexity index is 488. The molecule has 0 radical (unpaired) electrons. The van der Waals surface area contributed by atoms with E-state index in [4.69, 9.17) is 10.6 Å². The van der Waals surface area contributed by atoms with Gasteiger partial charge in [-0.1, -0.05) is 26.0 Å². The summed E-state index contributed by atoms with van der Waals surface area (Å²) in [5.74, 6) is 6.78. The number of nitrogens with zero attached hydrogens (tertiary/aromatic N) is 1. The van der Waals surface area contributed by atoms with Gasteiger partial charge in [0.05, 0.1) is 12.5 Å². The number of hydrogen-bond acceptors (Lipinski definition) is 4. The van der Waals surface area contributed by atoms with E-state index in [1.165, 1.54) is 5.56 Å². The van der Waals surface area contributed by atoms with E-state index in [0.717, 1.165) is 51.3 Å². The molecule has 1 aromatic rings. The summed E-state index contributed by atoms with van der Waals surface area (Å²) in [7, 11) is 0. The van der Waals surface area contributed by atoms with E-state index in [-0.39, 0.29) is 11.8 Å². The number of hydrazine groups is 1. The minimum atomic E-state index is -0.0522. The number of rotatable bonds is 7. The summed E-state index contributed by atoms with van der Waals surface area (Å²) < 4.78 is 5.74. The quantitative estimate of drug-likeness (QED) is 0.460. The molecule has 0 aromatic heterocycles. The summed E-state index contributed by atoms with van der Waals surface area (Å²) in [6.45, 7) is 7.82. The Kier molecular flexibility index (Phi) is 6.86. The van der Waals surface area contributed by atoms with Crippen LogP contribution in [0.2, 0.25) is 0 Å². The Labute approximate surface area is 139 Å². The van der Waals surface area contributed by atoms with Crippen molar-refractivity contribution in [3.63, 3.8) is 0 Å². The minimum absolute atomic E-state index is 0.00684. The Morgan fingerprint density at radius 3 is 2.78 bits per heavy atom. The fraction of sp³-hybridized carbons (Fsp3) is 0.611. The van der Waals surface area contributed by atoms with Crippen molar-refractivity contribution >= 4 is 5.91 Å². The average Bonchev–Trinajstić information content (AvgIpc) is 2.55. The van der Waals surface area contributed by atoms with Crippen LogP contribution in [0.15, 0.2) is 24.3 Å². The third-order valence-electron chi connectivity index (χ3n) is 4.31. The molecule has 0 bridgehead atoms. The van der Waals surface area contributed by atoms with Crippen LogP contribution in [-0.4, -0.2) is 30.5 Å². The fourth-order valence-corrected chi connectivity index (χ4v) is 2.89. The van der Waals surface area contributed by atoms with Gasteiger partial charge in [-0.05, 0) is 49.4 Å². The fourth-order valence-electron chi connectivity index (χ4n) is 2.89. The number of benzene rings is 1. The molecule has 1 heterocycles. The van der Waals surface area contributed by atoms with Crippen molar-refractivity contribution in [2.75, 3.05) is 19.7 Å². The van der Waals surface area contributed by atoms with Gasteiger partial charge in [-0.2, -0.15) is 0 Å². The number of ether oxygens (including phenoxy) is 1. The molecule has 0 saturated carbocycles. The van der Waals surface area contributed by atoms with Gasteiger partial charge in [0, 0.05) is 13.1 Å². The smallest absolute Gasteiger partial charge is 0.238 e. The molecule has 1 aromatic carbocycles. The summed E-state index contributed by atoms with van der Waals surface area (Å²) >= 11 is 0. The molecular weight excluding hydrogens is 290 g/mol. The summed E-state index contributed by atoms with van der Waals surface area (Å²) in [6.07, 6.45) is 3.02. The van der Waals surface area contributed by atoms with E-state index < -0.39 is 0 Å². The number of carbonyl (C=O) groups is 1. The van der Waals surface area contributed by atoms with Crippen molar-refractivity contribution in [2.24, 2.45) is 17.7 Å². The van der Waals surface area contributed by atoms with Crippen LogP contribution in [0.5, 0.6) is 5.75 Å². The molecule has 2 rings (SSSR count). The molecule has 5 nitrogen and oxygen atoms in total. The monoisotopic (exact) mass is 319 g/mol. The van der Waals surface area contributed by atoms with Gasteiger partial charge in [0.25, 0.3) is 0 Å². The lowest BCUT2D eigenvalue weighted by atomic mass is 9.97. The highest BCUT2D eigenvalue weighted by molar-refractivity contribution is 5.78. The summed E-state index contributed by atoms with van der Waals surface area (Å²) in [5, 5.41) is 0. The molecule has 1 unspecified atom stereocenters. The van der Waals surface area contributed by atoms with Gasteiger partial charge in [0.15, 0.2) is 0 Å². The number of nitrogens with two attached hydrogens (primary N) is 1. The van der Waals surface area contributed by atoms with Crippen LogP contribution in [0.25, 0.3) is 0 Å². The average molecular weight is 319 g/mol.